The van der Waals surface area contributed by atoms with E-state index in [2.05, 4.69) is 6.92 Å². The highest BCUT2D eigenvalue weighted by atomic mass is 19.1. The quantitative estimate of drug-likeness (QED) is 0.532. The predicted octanol–water partition coefficient (Wildman–Crippen LogP) is 7.28. The molecule has 4 heteroatoms. The largest absolute Gasteiger partial charge is 0.206 e. The Hall–Kier alpha value is -2.28. The Morgan fingerprint density at radius 3 is 2.62 bits per heavy atom. The second-order valence-corrected chi connectivity index (χ2v) is 8.65. The zero-order valence-electron chi connectivity index (χ0n) is 16.8. The molecule has 0 radical (unpaired) electrons. The minimum Gasteiger partial charge on any atom is -0.206 e. The van der Waals surface area contributed by atoms with E-state index in [4.69, 9.17) is 5.26 Å². The van der Waals surface area contributed by atoms with Crippen molar-refractivity contribution in [3.05, 3.63) is 58.4 Å². The van der Waals surface area contributed by atoms with Crippen LogP contribution >= 0.6 is 0 Å². The van der Waals surface area contributed by atoms with Gasteiger partial charge in [0.15, 0.2) is 0 Å². The molecule has 0 amide bonds. The summed E-state index contributed by atoms with van der Waals surface area (Å²) in [5.41, 5.74) is 1.25. The Kier molecular flexibility index (Phi) is 5.67. The summed E-state index contributed by atoms with van der Waals surface area (Å²) in [6, 6.07) is 6.97. The van der Waals surface area contributed by atoms with E-state index >= 15 is 8.78 Å². The second kappa shape index (κ2) is 8.22. The van der Waals surface area contributed by atoms with Crippen LogP contribution < -0.4 is 0 Å². The normalized spacial score (nSPS) is 23.2. The minimum absolute atomic E-state index is 0.129. The number of rotatable bonds is 4. The molecule has 0 saturated heterocycles. The van der Waals surface area contributed by atoms with Gasteiger partial charge >= 0.3 is 0 Å². The summed E-state index contributed by atoms with van der Waals surface area (Å²) in [6.07, 6.45) is 8.56. The van der Waals surface area contributed by atoms with Crippen LogP contribution in [0.25, 0.3) is 11.1 Å². The molecule has 152 valence electrons. The van der Waals surface area contributed by atoms with E-state index in [-0.39, 0.29) is 22.6 Å². The molecule has 2 aromatic carbocycles. The van der Waals surface area contributed by atoms with Gasteiger partial charge in [0.05, 0.1) is 11.1 Å². The van der Waals surface area contributed by atoms with Crippen LogP contribution in [0.15, 0.2) is 24.3 Å². The number of nitriles is 1. The summed E-state index contributed by atoms with van der Waals surface area (Å²) in [6.45, 7) is 2.21. The van der Waals surface area contributed by atoms with Gasteiger partial charge in [0, 0.05) is 0 Å². The van der Waals surface area contributed by atoms with E-state index in [1.165, 1.54) is 37.5 Å². The van der Waals surface area contributed by atoms with E-state index in [0.29, 0.717) is 17.9 Å². The lowest BCUT2D eigenvalue weighted by Crippen LogP contribution is -2.29. The zero-order valence-corrected chi connectivity index (χ0v) is 16.8. The van der Waals surface area contributed by atoms with Crippen LogP contribution in [0.2, 0.25) is 0 Å². The molecule has 1 nitrogen and oxygen atoms in total. The van der Waals surface area contributed by atoms with Crippen molar-refractivity contribution in [1.82, 2.24) is 0 Å². The second-order valence-electron chi connectivity index (χ2n) is 8.65. The first-order chi connectivity index (χ1) is 14.0. The van der Waals surface area contributed by atoms with Gasteiger partial charge in [-0.15, -0.1) is 0 Å². The van der Waals surface area contributed by atoms with Gasteiger partial charge in [0.1, 0.15) is 23.5 Å². The Balaban J connectivity index is 1.67. The maximum Gasteiger partial charge on any atom is 0.141 e. The molecule has 0 aromatic heterocycles. The molecule has 4 rings (SSSR count). The van der Waals surface area contributed by atoms with Gasteiger partial charge in [0.2, 0.25) is 0 Å². The van der Waals surface area contributed by atoms with Crippen LogP contribution in [-0.4, -0.2) is 0 Å². The molecule has 0 aliphatic heterocycles. The molecule has 0 spiro atoms. The highest BCUT2D eigenvalue weighted by molar-refractivity contribution is 5.68. The molecule has 0 N–H and O–H groups in total. The summed E-state index contributed by atoms with van der Waals surface area (Å²) >= 11 is 0. The topological polar surface area (TPSA) is 23.8 Å². The first-order valence-electron chi connectivity index (χ1n) is 10.7. The zero-order chi connectivity index (χ0) is 20.5. The number of halogens is 3. The fourth-order valence-corrected chi connectivity index (χ4v) is 5.46. The van der Waals surface area contributed by atoms with E-state index in [1.54, 1.807) is 6.07 Å². The lowest BCUT2D eigenvalue weighted by molar-refractivity contribution is 0.198. The fourth-order valence-electron chi connectivity index (χ4n) is 5.46. The molecule has 3 atom stereocenters. The number of hydrogen-bond acceptors (Lipinski definition) is 1. The average Bonchev–Trinajstić information content (AvgIpc) is 2.72. The van der Waals surface area contributed by atoms with Gasteiger partial charge in [-0.2, -0.15) is 5.26 Å². The molecule has 2 aliphatic carbocycles. The van der Waals surface area contributed by atoms with Crippen molar-refractivity contribution in [3.8, 4) is 17.2 Å². The van der Waals surface area contributed by atoms with Crippen LogP contribution in [0.1, 0.15) is 74.5 Å². The molecular formula is C25H26F3N. The number of nitrogens with zero attached hydrogens (tertiary/aromatic N) is 1. The van der Waals surface area contributed by atoms with Gasteiger partial charge in [-0.3, -0.25) is 0 Å². The molecule has 1 saturated carbocycles. The Labute approximate surface area is 170 Å². The predicted molar refractivity (Wildman–Crippen MR) is 108 cm³/mol. The maximum atomic E-state index is 15.4. The van der Waals surface area contributed by atoms with Gasteiger partial charge in [0.25, 0.3) is 0 Å². The van der Waals surface area contributed by atoms with Crippen molar-refractivity contribution in [3.63, 3.8) is 0 Å². The summed E-state index contributed by atoms with van der Waals surface area (Å²) in [5.74, 6) is -0.474. The van der Waals surface area contributed by atoms with Gasteiger partial charge < -0.3 is 0 Å². The molecule has 0 unspecified atom stereocenters. The van der Waals surface area contributed by atoms with Crippen molar-refractivity contribution in [1.29, 1.82) is 5.26 Å². The maximum absolute atomic E-state index is 15.4. The Bertz CT molecular complexity index is 960. The van der Waals surface area contributed by atoms with Crippen molar-refractivity contribution < 1.29 is 13.2 Å². The van der Waals surface area contributed by atoms with Crippen LogP contribution in [0.4, 0.5) is 13.2 Å². The van der Waals surface area contributed by atoms with Gasteiger partial charge in [-0.05, 0) is 84.7 Å². The van der Waals surface area contributed by atoms with Crippen LogP contribution in [0, 0.1) is 40.6 Å². The van der Waals surface area contributed by atoms with E-state index in [9.17, 15) is 4.39 Å². The van der Waals surface area contributed by atoms with Crippen molar-refractivity contribution in [2.45, 2.75) is 64.2 Å². The van der Waals surface area contributed by atoms with Gasteiger partial charge in [-0.25, -0.2) is 13.2 Å². The molecule has 2 aliphatic rings. The van der Waals surface area contributed by atoms with Gasteiger partial charge in [-0.1, -0.05) is 32.3 Å². The Morgan fingerprint density at radius 1 is 1.07 bits per heavy atom. The van der Waals surface area contributed by atoms with E-state index in [1.807, 2.05) is 0 Å². The van der Waals surface area contributed by atoms with Crippen molar-refractivity contribution in [2.24, 2.45) is 11.8 Å². The first-order valence-corrected chi connectivity index (χ1v) is 10.7. The minimum atomic E-state index is -0.757. The van der Waals surface area contributed by atoms with E-state index < -0.39 is 17.5 Å². The highest BCUT2D eigenvalue weighted by Crippen LogP contribution is 2.49. The summed E-state index contributed by atoms with van der Waals surface area (Å²) in [4.78, 5) is 0. The Morgan fingerprint density at radius 2 is 1.90 bits per heavy atom. The summed E-state index contributed by atoms with van der Waals surface area (Å²) in [5, 5.41) is 8.89. The molecule has 0 bridgehead atoms. The lowest BCUT2D eigenvalue weighted by atomic mass is 9.64. The number of hydrogen-bond donors (Lipinski definition) is 0. The highest BCUT2D eigenvalue weighted by Gasteiger charge is 2.37. The smallest absolute Gasteiger partial charge is 0.141 e. The SMILES string of the molecule is CCCC[C@@H]1CC[C@@H]2c3cc(F)c(-c4ccc(C#N)c(F)c4)c(F)c3CC[C@H]2C1. The molecule has 2 aromatic rings. The molecule has 29 heavy (non-hydrogen) atoms. The number of unbranched alkanes of at least 4 members (excludes halogenated alkanes) is 1. The summed E-state index contributed by atoms with van der Waals surface area (Å²) in [7, 11) is 0. The van der Waals surface area contributed by atoms with Crippen molar-refractivity contribution in [2.75, 3.05) is 0 Å². The molecule has 1 fully saturated rings. The standard InChI is InChI=1S/C25H26F3N/c1-2-3-4-15-5-9-19-16(11-15)8-10-20-21(19)13-23(27)24(25(20)28)17-6-7-18(14-29)22(26)12-17/h6-7,12-13,15-16,19H,2-5,8-11H2,1H3/t15-,16+,19+/m1/s1. The molecule has 0 heterocycles. The van der Waals surface area contributed by atoms with Crippen LogP contribution in [-0.2, 0) is 6.42 Å². The fraction of sp³-hybridized carbons (Fsp3) is 0.480. The average molecular weight is 397 g/mol. The van der Waals surface area contributed by atoms with E-state index in [0.717, 1.165) is 43.2 Å². The third-order valence-electron chi connectivity index (χ3n) is 6.95. The lowest BCUT2D eigenvalue weighted by Gasteiger charge is -2.41. The van der Waals surface area contributed by atoms with Crippen LogP contribution in [0.3, 0.4) is 0 Å². The molecular weight excluding hydrogens is 371 g/mol. The number of benzene rings is 2. The summed E-state index contributed by atoms with van der Waals surface area (Å²) < 4.78 is 44.4. The van der Waals surface area contributed by atoms with Crippen molar-refractivity contribution >= 4 is 0 Å². The third-order valence-corrected chi connectivity index (χ3v) is 6.95. The van der Waals surface area contributed by atoms with Crippen LogP contribution in [0.5, 0.6) is 0 Å². The monoisotopic (exact) mass is 397 g/mol. The number of fused-ring (bicyclic) bond motifs is 3. The third kappa shape index (κ3) is 3.68. The first kappa shape index (κ1) is 20.0.